The zero-order valence-electron chi connectivity index (χ0n) is 12.8. The number of nitro benzene ring substituents is 2. The van der Waals surface area contributed by atoms with Crippen LogP contribution in [0.5, 0.6) is 0 Å². The Labute approximate surface area is 136 Å². The number of hydrogen-bond donors (Lipinski definition) is 1. The van der Waals surface area contributed by atoms with Crippen molar-refractivity contribution in [2.75, 3.05) is 5.32 Å². The summed E-state index contributed by atoms with van der Waals surface area (Å²) in [6.45, 7) is 5.92. The fraction of sp³-hybridized carbons (Fsp3) is 0.357. The number of rotatable bonds is 6. The average Bonchev–Trinajstić information content (AvgIpc) is 2.97. The first-order valence-corrected chi connectivity index (χ1v) is 7.82. The second-order valence-electron chi connectivity index (χ2n) is 5.35. The number of nitrogens with zero attached hydrogens (tertiary/aromatic N) is 3. The van der Waals surface area contributed by atoms with Gasteiger partial charge in [-0.1, -0.05) is 13.8 Å². The molecule has 8 nitrogen and oxygen atoms in total. The van der Waals surface area contributed by atoms with Crippen LogP contribution in [0.1, 0.15) is 43.4 Å². The molecule has 2 aromatic rings. The molecule has 0 aliphatic carbocycles. The van der Waals surface area contributed by atoms with E-state index in [-0.39, 0.29) is 23.1 Å². The molecule has 0 bridgehead atoms. The van der Waals surface area contributed by atoms with Crippen LogP contribution in [-0.2, 0) is 0 Å². The minimum Gasteiger partial charge on any atom is -0.371 e. The summed E-state index contributed by atoms with van der Waals surface area (Å²) in [5, 5.41) is 27.8. The van der Waals surface area contributed by atoms with E-state index in [0.717, 1.165) is 16.8 Å². The lowest BCUT2D eigenvalue weighted by Gasteiger charge is -2.13. The van der Waals surface area contributed by atoms with Gasteiger partial charge in [0.25, 0.3) is 11.4 Å². The van der Waals surface area contributed by atoms with E-state index in [0.29, 0.717) is 5.92 Å². The Morgan fingerprint density at radius 1 is 1.17 bits per heavy atom. The highest BCUT2D eigenvalue weighted by atomic mass is 32.1. The number of nitro groups is 2. The van der Waals surface area contributed by atoms with Crippen LogP contribution in [0.15, 0.2) is 23.6 Å². The maximum atomic E-state index is 11.1. The molecule has 1 unspecified atom stereocenters. The second-order valence-corrected chi connectivity index (χ2v) is 6.24. The van der Waals surface area contributed by atoms with Crippen LogP contribution in [0.3, 0.4) is 0 Å². The molecule has 2 rings (SSSR count). The maximum Gasteiger partial charge on any atom is 0.299 e. The van der Waals surface area contributed by atoms with Crippen LogP contribution in [0.25, 0.3) is 0 Å². The quantitative estimate of drug-likeness (QED) is 0.623. The Kier molecular flexibility index (Phi) is 4.89. The summed E-state index contributed by atoms with van der Waals surface area (Å²) < 4.78 is 0. The Morgan fingerprint density at radius 2 is 1.87 bits per heavy atom. The molecule has 9 heteroatoms. The third-order valence-corrected chi connectivity index (χ3v) is 4.40. The summed E-state index contributed by atoms with van der Waals surface area (Å²) in [4.78, 5) is 25.1. The Hall–Kier alpha value is -2.55. The highest BCUT2D eigenvalue weighted by Crippen LogP contribution is 2.32. The van der Waals surface area contributed by atoms with Crippen molar-refractivity contribution in [3.8, 4) is 0 Å². The zero-order chi connectivity index (χ0) is 17.1. The SMILES string of the molecule is CC(C)c1nc(C(C)Nc2ccc([N+](=O)[O-])cc2[N+](=O)[O-])cs1. The number of aromatic nitrogens is 1. The van der Waals surface area contributed by atoms with E-state index in [1.807, 2.05) is 26.2 Å². The predicted molar refractivity (Wildman–Crippen MR) is 88.0 cm³/mol. The van der Waals surface area contributed by atoms with Gasteiger partial charge in [-0.15, -0.1) is 11.3 Å². The monoisotopic (exact) mass is 336 g/mol. The number of benzene rings is 1. The molecule has 1 aromatic carbocycles. The van der Waals surface area contributed by atoms with Crippen molar-refractivity contribution in [1.29, 1.82) is 0 Å². The number of hydrogen-bond acceptors (Lipinski definition) is 7. The minimum atomic E-state index is -0.657. The fourth-order valence-electron chi connectivity index (χ4n) is 1.98. The maximum absolute atomic E-state index is 11.1. The summed E-state index contributed by atoms with van der Waals surface area (Å²) in [6, 6.07) is 3.29. The molecule has 0 radical (unpaired) electrons. The molecule has 0 saturated carbocycles. The van der Waals surface area contributed by atoms with E-state index in [9.17, 15) is 20.2 Å². The number of anilines is 1. The van der Waals surface area contributed by atoms with Gasteiger partial charge in [-0.2, -0.15) is 0 Å². The first kappa shape index (κ1) is 16.8. The van der Waals surface area contributed by atoms with E-state index < -0.39 is 9.85 Å². The second kappa shape index (κ2) is 6.69. The first-order chi connectivity index (χ1) is 10.8. The van der Waals surface area contributed by atoms with Gasteiger partial charge in [-0.3, -0.25) is 20.2 Å². The van der Waals surface area contributed by atoms with Gasteiger partial charge in [0, 0.05) is 17.4 Å². The molecular weight excluding hydrogens is 320 g/mol. The smallest absolute Gasteiger partial charge is 0.299 e. The molecule has 0 aliphatic heterocycles. The molecule has 1 atom stereocenters. The van der Waals surface area contributed by atoms with Gasteiger partial charge in [-0.25, -0.2) is 4.98 Å². The van der Waals surface area contributed by atoms with Gasteiger partial charge in [0.15, 0.2) is 0 Å². The normalized spacial score (nSPS) is 12.2. The lowest BCUT2D eigenvalue weighted by Crippen LogP contribution is -2.09. The standard InChI is InChI=1S/C14H16N4O4S/c1-8(2)14-16-12(7-23-14)9(3)15-11-5-4-10(17(19)20)6-13(11)18(21)22/h4-9,15H,1-3H3. The van der Waals surface area contributed by atoms with Crippen molar-refractivity contribution in [3.05, 3.63) is 54.5 Å². The molecule has 23 heavy (non-hydrogen) atoms. The van der Waals surface area contributed by atoms with Crippen LogP contribution in [-0.4, -0.2) is 14.8 Å². The Morgan fingerprint density at radius 3 is 2.39 bits per heavy atom. The molecule has 0 aliphatic rings. The number of nitrogens with one attached hydrogen (secondary N) is 1. The molecule has 1 heterocycles. The summed E-state index contributed by atoms with van der Waals surface area (Å²) >= 11 is 1.54. The third-order valence-electron chi connectivity index (χ3n) is 3.24. The topological polar surface area (TPSA) is 111 Å². The van der Waals surface area contributed by atoms with E-state index in [1.165, 1.54) is 23.5 Å². The van der Waals surface area contributed by atoms with E-state index >= 15 is 0 Å². The lowest BCUT2D eigenvalue weighted by molar-refractivity contribution is -0.393. The van der Waals surface area contributed by atoms with Gasteiger partial charge in [-0.05, 0) is 13.0 Å². The molecule has 0 saturated heterocycles. The molecule has 122 valence electrons. The van der Waals surface area contributed by atoms with Crippen LogP contribution >= 0.6 is 11.3 Å². The number of thiazole rings is 1. The van der Waals surface area contributed by atoms with Crippen molar-refractivity contribution >= 4 is 28.4 Å². The molecule has 1 aromatic heterocycles. The van der Waals surface area contributed by atoms with Gasteiger partial charge in [0.2, 0.25) is 0 Å². The third kappa shape index (κ3) is 3.81. The van der Waals surface area contributed by atoms with Crippen LogP contribution in [0.4, 0.5) is 17.1 Å². The van der Waals surface area contributed by atoms with Crippen molar-refractivity contribution in [1.82, 2.24) is 4.98 Å². The molecule has 0 fully saturated rings. The molecular formula is C14H16N4O4S. The predicted octanol–water partition coefficient (Wildman–Crippen LogP) is 4.26. The Balaban J connectivity index is 2.27. The largest absolute Gasteiger partial charge is 0.371 e. The molecule has 0 spiro atoms. The van der Waals surface area contributed by atoms with Crippen LogP contribution in [0, 0.1) is 20.2 Å². The average molecular weight is 336 g/mol. The molecule has 1 N–H and O–H groups in total. The molecule has 0 amide bonds. The summed E-state index contributed by atoms with van der Waals surface area (Å²) in [5.74, 6) is 0.315. The van der Waals surface area contributed by atoms with Gasteiger partial charge < -0.3 is 5.32 Å². The minimum absolute atomic E-state index is 0.229. The van der Waals surface area contributed by atoms with Gasteiger partial charge in [0.1, 0.15) is 5.69 Å². The van der Waals surface area contributed by atoms with Gasteiger partial charge >= 0.3 is 0 Å². The van der Waals surface area contributed by atoms with Crippen LogP contribution < -0.4 is 5.32 Å². The van der Waals surface area contributed by atoms with E-state index in [1.54, 1.807) is 0 Å². The van der Waals surface area contributed by atoms with Crippen molar-refractivity contribution in [2.24, 2.45) is 0 Å². The number of non-ortho nitro benzene ring substituents is 1. The summed E-state index contributed by atoms with van der Waals surface area (Å²) in [6.07, 6.45) is 0. The van der Waals surface area contributed by atoms with E-state index in [2.05, 4.69) is 10.3 Å². The van der Waals surface area contributed by atoms with Crippen LogP contribution in [0.2, 0.25) is 0 Å². The van der Waals surface area contributed by atoms with Crippen molar-refractivity contribution in [3.63, 3.8) is 0 Å². The summed E-state index contributed by atoms with van der Waals surface area (Å²) in [7, 11) is 0. The highest BCUT2D eigenvalue weighted by Gasteiger charge is 2.21. The summed E-state index contributed by atoms with van der Waals surface area (Å²) in [5.41, 5.74) is 0.370. The van der Waals surface area contributed by atoms with Crippen molar-refractivity contribution < 1.29 is 9.85 Å². The Bertz CT molecular complexity index is 744. The lowest BCUT2D eigenvalue weighted by atomic mass is 10.2. The fourth-order valence-corrected chi connectivity index (χ4v) is 2.91. The van der Waals surface area contributed by atoms with E-state index in [4.69, 9.17) is 0 Å². The van der Waals surface area contributed by atoms with Crippen molar-refractivity contribution in [2.45, 2.75) is 32.7 Å². The zero-order valence-corrected chi connectivity index (χ0v) is 13.7. The highest BCUT2D eigenvalue weighted by molar-refractivity contribution is 7.09. The first-order valence-electron chi connectivity index (χ1n) is 6.94. The van der Waals surface area contributed by atoms with Gasteiger partial charge in [0.05, 0.1) is 32.7 Å².